The van der Waals surface area contributed by atoms with Crippen molar-refractivity contribution in [2.75, 3.05) is 0 Å². The van der Waals surface area contributed by atoms with Gasteiger partial charge in [-0.1, -0.05) is 43.2 Å². The predicted octanol–water partition coefficient (Wildman–Crippen LogP) is 2.67. The molecule has 1 saturated carbocycles. The van der Waals surface area contributed by atoms with Crippen molar-refractivity contribution in [1.82, 2.24) is 0 Å². The third-order valence-electron chi connectivity index (χ3n) is 3.78. The van der Waals surface area contributed by atoms with E-state index in [1.54, 1.807) is 6.92 Å². The molecule has 1 unspecified atom stereocenters. The molecule has 1 aromatic carbocycles. The first-order valence-corrected chi connectivity index (χ1v) is 6.54. The number of esters is 1. The second-order valence-electron chi connectivity index (χ2n) is 5.19. The van der Waals surface area contributed by atoms with Crippen molar-refractivity contribution in [3.8, 4) is 0 Å². The Balaban J connectivity index is 1.91. The van der Waals surface area contributed by atoms with Crippen LogP contribution < -0.4 is 0 Å². The Morgan fingerprint density at radius 1 is 1.33 bits per heavy atom. The fourth-order valence-electron chi connectivity index (χ4n) is 2.52. The highest BCUT2D eigenvalue weighted by molar-refractivity contribution is 5.79. The summed E-state index contributed by atoms with van der Waals surface area (Å²) in [4.78, 5) is 12.0. The third kappa shape index (κ3) is 2.91. The molecule has 3 nitrogen and oxygen atoms in total. The van der Waals surface area contributed by atoms with Gasteiger partial charge < -0.3 is 9.84 Å². The molecule has 18 heavy (non-hydrogen) atoms. The molecule has 0 aliphatic heterocycles. The van der Waals surface area contributed by atoms with E-state index in [4.69, 9.17) is 4.74 Å². The van der Waals surface area contributed by atoms with Gasteiger partial charge in [0.2, 0.25) is 0 Å². The minimum atomic E-state index is -1.34. The molecule has 1 aromatic rings. The third-order valence-corrected chi connectivity index (χ3v) is 3.78. The van der Waals surface area contributed by atoms with E-state index >= 15 is 0 Å². The van der Waals surface area contributed by atoms with Crippen LogP contribution in [0.5, 0.6) is 0 Å². The highest BCUT2D eigenvalue weighted by atomic mass is 16.5. The van der Waals surface area contributed by atoms with Crippen LogP contribution in [0.2, 0.25) is 0 Å². The summed E-state index contributed by atoms with van der Waals surface area (Å²) in [6.07, 6.45) is 4.00. The summed E-state index contributed by atoms with van der Waals surface area (Å²) in [6.45, 7) is 1.80. The largest absolute Gasteiger partial charge is 0.459 e. The summed E-state index contributed by atoms with van der Waals surface area (Å²) in [6, 6.07) is 9.52. The van der Waals surface area contributed by atoms with Gasteiger partial charge in [-0.3, -0.25) is 0 Å². The van der Waals surface area contributed by atoms with Crippen LogP contribution in [0.3, 0.4) is 0 Å². The number of ether oxygens (including phenoxy) is 1. The summed E-state index contributed by atoms with van der Waals surface area (Å²) < 4.78 is 5.22. The van der Waals surface area contributed by atoms with Crippen molar-refractivity contribution in [2.24, 2.45) is 5.92 Å². The zero-order valence-corrected chi connectivity index (χ0v) is 10.8. The summed E-state index contributed by atoms with van der Waals surface area (Å²) in [5.74, 6) is -0.459. The highest BCUT2D eigenvalue weighted by Crippen LogP contribution is 2.34. The topological polar surface area (TPSA) is 46.5 Å². The van der Waals surface area contributed by atoms with Crippen LogP contribution in [-0.4, -0.2) is 16.7 Å². The average Bonchev–Trinajstić information content (AvgIpc) is 2.91. The lowest BCUT2D eigenvalue weighted by Crippen LogP contribution is -2.43. The van der Waals surface area contributed by atoms with Crippen LogP contribution in [0.25, 0.3) is 0 Å². The molecule has 0 saturated heterocycles. The van der Waals surface area contributed by atoms with Crippen molar-refractivity contribution in [3.63, 3.8) is 0 Å². The Bertz CT molecular complexity index is 391. The summed E-state index contributed by atoms with van der Waals surface area (Å²) in [7, 11) is 0. The molecule has 0 amide bonds. The molecule has 98 valence electrons. The second kappa shape index (κ2) is 5.53. The van der Waals surface area contributed by atoms with Gasteiger partial charge in [0, 0.05) is 0 Å². The van der Waals surface area contributed by atoms with E-state index in [9.17, 15) is 9.90 Å². The number of aliphatic hydroxyl groups is 1. The van der Waals surface area contributed by atoms with E-state index < -0.39 is 11.6 Å². The predicted molar refractivity (Wildman–Crippen MR) is 68.8 cm³/mol. The molecular weight excluding hydrogens is 228 g/mol. The number of hydrogen-bond acceptors (Lipinski definition) is 3. The Morgan fingerprint density at radius 3 is 2.56 bits per heavy atom. The second-order valence-corrected chi connectivity index (χ2v) is 5.19. The standard InChI is InChI=1S/C15H20O3/c1-15(17,13-9-5-6-10-13)14(16)18-11-12-7-3-2-4-8-12/h2-4,7-8,13,17H,5-6,9-11H2,1H3. The Kier molecular flexibility index (Phi) is 4.02. The highest BCUT2D eigenvalue weighted by Gasteiger charge is 2.41. The van der Waals surface area contributed by atoms with Gasteiger partial charge in [0.15, 0.2) is 5.60 Å². The van der Waals surface area contributed by atoms with Crippen LogP contribution in [0, 0.1) is 5.92 Å². The normalized spacial score (nSPS) is 19.4. The van der Waals surface area contributed by atoms with Crippen LogP contribution in [0.15, 0.2) is 30.3 Å². The molecule has 3 heteroatoms. The molecule has 2 rings (SSSR count). The smallest absolute Gasteiger partial charge is 0.338 e. The van der Waals surface area contributed by atoms with E-state index in [1.807, 2.05) is 30.3 Å². The van der Waals surface area contributed by atoms with Crippen molar-refractivity contribution in [1.29, 1.82) is 0 Å². The first-order valence-electron chi connectivity index (χ1n) is 6.54. The zero-order chi connectivity index (χ0) is 13.0. The molecular formula is C15H20O3. The summed E-state index contributed by atoms with van der Waals surface area (Å²) in [5, 5.41) is 10.3. The lowest BCUT2D eigenvalue weighted by atomic mass is 9.88. The maximum absolute atomic E-state index is 12.0. The Labute approximate surface area is 108 Å². The van der Waals surface area contributed by atoms with E-state index in [1.165, 1.54) is 0 Å². The number of hydrogen-bond donors (Lipinski definition) is 1. The first kappa shape index (κ1) is 13.1. The van der Waals surface area contributed by atoms with Gasteiger partial charge in [0.05, 0.1) is 0 Å². The molecule has 0 aromatic heterocycles. The molecule has 0 radical (unpaired) electrons. The Morgan fingerprint density at radius 2 is 1.94 bits per heavy atom. The molecule has 1 aliphatic rings. The van der Waals surface area contributed by atoms with Crippen molar-refractivity contribution < 1.29 is 14.6 Å². The van der Waals surface area contributed by atoms with Gasteiger partial charge in [-0.2, -0.15) is 0 Å². The molecule has 1 fully saturated rings. The molecule has 0 spiro atoms. The van der Waals surface area contributed by atoms with Crippen molar-refractivity contribution >= 4 is 5.97 Å². The van der Waals surface area contributed by atoms with Crippen LogP contribution in [0.4, 0.5) is 0 Å². The quantitative estimate of drug-likeness (QED) is 0.833. The van der Waals surface area contributed by atoms with Gasteiger partial charge in [0.1, 0.15) is 6.61 Å². The fraction of sp³-hybridized carbons (Fsp3) is 0.533. The van der Waals surface area contributed by atoms with Gasteiger partial charge in [-0.25, -0.2) is 4.79 Å². The maximum Gasteiger partial charge on any atom is 0.338 e. The van der Waals surface area contributed by atoms with Crippen molar-refractivity contribution in [3.05, 3.63) is 35.9 Å². The van der Waals surface area contributed by atoms with Gasteiger partial charge in [-0.15, -0.1) is 0 Å². The van der Waals surface area contributed by atoms with Gasteiger partial charge >= 0.3 is 5.97 Å². The van der Waals surface area contributed by atoms with Crippen LogP contribution in [-0.2, 0) is 16.1 Å². The van der Waals surface area contributed by atoms with E-state index in [2.05, 4.69) is 0 Å². The molecule has 1 N–H and O–H groups in total. The van der Waals surface area contributed by atoms with Crippen LogP contribution >= 0.6 is 0 Å². The van der Waals surface area contributed by atoms with Crippen LogP contribution in [0.1, 0.15) is 38.2 Å². The molecule has 0 bridgehead atoms. The minimum absolute atomic E-state index is 0.0424. The summed E-state index contributed by atoms with van der Waals surface area (Å²) >= 11 is 0. The number of benzene rings is 1. The van der Waals surface area contributed by atoms with Crippen molar-refractivity contribution in [2.45, 2.75) is 44.8 Å². The minimum Gasteiger partial charge on any atom is -0.459 e. The van der Waals surface area contributed by atoms with E-state index in [0.717, 1.165) is 31.2 Å². The lowest BCUT2D eigenvalue weighted by Gasteiger charge is -2.27. The average molecular weight is 248 g/mol. The Hall–Kier alpha value is -1.35. The molecule has 1 aliphatic carbocycles. The number of rotatable bonds is 4. The molecule has 1 atom stereocenters. The first-order chi connectivity index (χ1) is 8.60. The molecule has 0 heterocycles. The SMILES string of the molecule is CC(O)(C(=O)OCc1ccccc1)C1CCCC1. The van der Waals surface area contributed by atoms with Gasteiger partial charge in [0.25, 0.3) is 0 Å². The zero-order valence-electron chi connectivity index (χ0n) is 10.8. The maximum atomic E-state index is 12.0. The monoisotopic (exact) mass is 248 g/mol. The number of carbonyl (C=O) groups excluding carboxylic acids is 1. The van der Waals surface area contributed by atoms with Gasteiger partial charge in [-0.05, 0) is 31.2 Å². The number of carbonyl (C=O) groups is 1. The fourth-order valence-corrected chi connectivity index (χ4v) is 2.52. The lowest BCUT2D eigenvalue weighted by molar-refractivity contribution is -0.170. The van der Waals surface area contributed by atoms with E-state index in [0.29, 0.717) is 0 Å². The summed E-state index contributed by atoms with van der Waals surface area (Å²) in [5.41, 5.74) is -0.404. The van der Waals surface area contributed by atoms with E-state index in [-0.39, 0.29) is 12.5 Å².